The third-order valence-corrected chi connectivity index (χ3v) is 5.59. The molecule has 2 aliphatic rings. The van der Waals surface area contributed by atoms with E-state index in [2.05, 4.69) is 5.32 Å². The van der Waals surface area contributed by atoms with Crippen LogP contribution in [0.1, 0.15) is 61.7 Å². The second kappa shape index (κ2) is 8.70. The minimum atomic E-state index is -0.0971. The highest BCUT2D eigenvalue weighted by Crippen LogP contribution is 2.22. The average molecular weight is 363 g/mol. The Morgan fingerprint density at radius 1 is 1.04 bits per heavy atom. The van der Waals surface area contributed by atoms with Gasteiger partial charge in [-0.2, -0.15) is 0 Å². The molecule has 0 bridgehead atoms. The van der Waals surface area contributed by atoms with Crippen molar-refractivity contribution in [3.63, 3.8) is 0 Å². The molecule has 0 spiro atoms. The highest BCUT2D eigenvalue weighted by molar-refractivity contribution is 6.30. The van der Waals surface area contributed by atoms with E-state index < -0.39 is 0 Å². The summed E-state index contributed by atoms with van der Waals surface area (Å²) < 4.78 is 0. The van der Waals surface area contributed by atoms with E-state index in [9.17, 15) is 9.59 Å². The molecule has 1 heterocycles. The maximum atomic E-state index is 12.7. The molecule has 0 unspecified atom stereocenters. The summed E-state index contributed by atoms with van der Waals surface area (Å²) in [7, 11) is 0. The lowest BCUT2D eigenvalue weighted by molar-refractivity contribution is -0.127. The van der Waals surface area contributed by atoms with Gasteiger partial charge in [-0.15, -0.1) is 0 Å². The van der Waals surface area contributed by atoms with Gasteiger partial charge in [-0.25, -0.2) is 0 Å². The highest BCUT2D eigenvalue weighted by atomic mass is 35.5. The van der Waals surface area contributed by atoms with Crippen molar-refractivity contribution >= 4 is 23.4 Å². The molecule has 1 aliphatic heterocycles. The number of piperidine rings is 1. The molecule has 1 saturated heterocycles. The SMILES string of the molecule is O=C(NC1CCCCCC1)[C@H]1CCCN(C(=O)c2cccc(Cl)c2)C1. The van der Waals surface area contributed by atoms with Gasteiger partial charge < -0.3 is 10.2 Å². The van der Waals surface area contributed by atoms with Crippen molar-refractivity contribution in [1.82, 2.24) is 10.2 Å². The van der Waals surface area contributed by atoms with Crippen LogP contribution in [0.15, 0.2) is 24.3 Å². The monoisotopic (exact) mass is 362 g/mol. The third kappa shape index (κ3) is 4.97. The summed E-state index contributed by atoms with van der Waals surface area (Å²) in [5.74, 6) is -0.00917. The number of benzene rings is 1. The first-order valence-corrected chi connectivity index (χ1v) is 9.86. The van der Waals surface area contributed by atoms with E-state index in [0.717, 1.165) is 25.7 Å². The predicted octanol–water partition coefficient (Wildman–Crippen LogP) is 4.03. The molecule has 1 aliphatic carbocycles. The summed E-state index contributed by atoms with van der Waals surface area (Å²) in [6.45, 7) is 1.21. The Kier molecular flexibility index (Phi) is 6.35. The van der Waals surface area contributed by atoms with E-state index in [1.54, 1.807) is 29.2 Å². The van der Waals surface area contributed by atoms with E-state index in [0.29, 0.717) is 29.7 Å². The zero-order valence-corrected chi connectivity index (χ0v) is 15.4. The molecule has 3 rings (SSSR count). The number of rotatable bonds is 3. The molecule has 1 saturated carbocycles. The maximum absolute atomic E-state index is 12.7. The van der Waals surface area contributed by atoms with Crippen molar-refractivity contribution in [2.24, 2.45) is 5.92 Å². The summed E-state index contributed by atoms with van der Waals surface area (Å²) in [6, 6.07) is 7.34. The van der Waals surface area contributed by atoms with Gasteiger partial charge in [0.15, 0.2) is 0 Å². The first-order valence-electron chi connectivity index (χ1n) is 9.49. The molecule has 1 aromatic rings. The van der Waals surface area contributed by atoms with Gasteiger partial charge in [0.25, 0.3) is 5.91 Å². The normalized spacial score (nSPS) is 22.3. The number of amides is 2. The van der Waals surface area contributed by atoms with Crippen molar-refractivity contribution in [2.45, 2.75) is 57.4 Å². The van der Waals surface area contributed by atoms with Crippen molar-refractivity contribution in [3.05, 3.63) is 34.9 Å². The van der Waals surface area contributed by atoms with Crippen molar-refractivity contribution in [1.29, 1.82) is 0 Å². The molecule has 25 heavy (non-hydrogen) atoms. The van der Waals surface area contributed by atoms with Crippen LogP contribution in [0.4, 0.5) is 0 Å². The smallest absolute Gasteiger partial charge is 0.253 e. The number of nitrogens with zero attached hydrogens (tertiary/aromatic N) is 1. The Morgan fingerprint density at radius 2 is 1.80 bits per heavy atom. The van der Waals surface area contributed by atoms with Gasteiger partial charge in [-0.1, -0.05) is 43.4 Å². The minimum absolute atomic E-state index is 0.0329. The number of hydrogen-bond donors (Lipinski definition) is 1. The number of halogens is 1. The summed E-state index contributed by atoms with van der Waals surface area (Å²) in [5, 5.41) is 3.80. The number of carbonyl (C=O) groups excluding carboxylic acids is 2. The first-order chi connectivity index (χ1) is 12.1. The lowest BCUT2D eigenvalue weighted by Gasteiger charge is -2.33. The quantitative estimate of drug-likeness (QED) is 0.825. The van der Waals surface area contributed by atoms with Crippen molar-refractivity contribution in [3.8, 4) is 0 Å². The van der Waals surface area contributed by atoms with Gasteiger partial charge in [0.05, 0.1) is 5.92 Å². The molecular formula is C20H27ClN2O2. The molecule has 1 aromatic carbocycles. The van der Waals surface area contributed by atoms with Gasteiger partial charge in [-0.3, -0.25) is 9.59 Å². The molecule has 2 amide bonds. The topological polar surface area (TPSA) is 49.4 Å². The molecule has 1 N–H and O–H groups in total. The Hall–Kier alpha value is -1.55. The van der Waals surface area contributed by atoms with Crippen LogP contribution in [0.25, 0.3) is 0 Å². The summed E-state index contributed by atoms with van der Waals surface area (Å²) in [6.07, 6.45) is 8.86. The summed E-state index contributed by atoms with van der Waals surface area (Å²) >= 11 is 5.99. The molecule has 5 heteroatoms. The fourth-order valence-corrected chi connectivity index (χ4v) is 4.11. The third-order valence-electron chi connectivity index (χ3n) is 5.35. The Labute approximate surface area is 154 Å². The van der Waals surface area contributed by atoms with Crippen molar-refractivity contribution < 1.29 is 9.59 Å². The Balaban J connectivity index is 1.58. The van der Waals surface area contributed by atoms with E-state index in [-0.39, 0.29) is 17.7 Å². The standard InChI is InChI=1S/C20H27ClN2O2/c21-17-9-5-7-15(13-17)20(25)23-12-6-8-16(14-23)19(24)22-18-10-3-1-2-4-11-18/h5,7,9,13,16,18H,1-4,6,8,10-12,14H2,(H,22,24)/t16-/m0/s1. The average Bonchev–Trinajstić information content (AvgIpc) is 2.90. The van der Waals surface area contributed by atoms with Gasteiger partial charge in [0.1, 0.15) is 0 Å². The fourth-order valence-electron chi connectivity index (χ4n) is 3.92. The lowest BCUT2D eigenvalue weighted by atomic mass is 9.95. The van der Waals surface area contributed by atoms with Crippen LogP contribution in [-0.2, 0) is 4.79 Å². The Bertz CT molecular complexity index is 611. The van der Waals surface area contributed by atoms with E-state index in [1.807, 2.05) is 0 Å². The van der Waals surface area contributed by atoms with Crippen LogP contribution in [0.3, 0.4) is 0 Å². The molecule has 0 aromatic heterocycles. The molecule has 0 radical (unpaired) electrons. The van der Waals surface area contributed by atoms with Crippen LogP contribution >= 0.6 is 11.6 Å². The largest absolute Gasteiger partial charge is 0.353 e. The molecule has 4 nitrogen and oxygen atoms in total. The van der Waals surface area contributed by atoms with Crippen LogP contribution in [0, 0.1) is 5.92 Å². The zero-order chi connectivity index (χ0) is 17.6. The summed E-state index contributed by atoms with van der Waals surface area (Å²) in [5.41, 5.74) is 0.595. The number of nitrogens with one attached hydrogen (secondary N) is 1. The van der Waals surface area contributed by atoms with Gasteiger partial charge in [0, 0.05) is 29.7 Å². The van der Waals surface area contributed by atoms with E-state index in [4.69, 9.17) is 11.6 Å². The minimum Gasteiger partial charge on any atom is -0.353 e. The molecule has 136 valence electrons. The lowest BCUT2D eigenvalue weighted by Crippen LogP contribution is -2.47. The fraction of sp³-hybridized carbons (Fsp3) is 0.600. The molecule has 2 fully saturated rings. The molecular weight excluding hydrogens is 336 g/mol. The van der Waals surface area contributed by atoms with E-state index in [1.165, 1.54) is 25.7 Å². The van der Waals surface area contributed by atoms with Crippen LogP contribution < -0.4 is 5.32 Å². The Morgan fingerprint density at radius 3 is 2.52 bits per heavy atom. The zero-order valence-electron chi connectivity index (χ0n) is 14.7. The maximum Gasteiger partial charge on any atom is 0.253 e. The van der Waals surface area contributed by atoms with Crippen LogP contribution in [0.2, 0.25) is 5.02 Å². The van der Waals surface area contributed by atoms with Crippen LogP contribution in [0.5, 0.6) is 0 Å². The summed E-state index contributed by atoms with van der Waals surface area (Å²) in [4.78, 5) is 27.2. The van der Waals surface area contributed by atoms with Gasteiger partial charge >= 0.3 is 0 Å². The second-order valence-corrected chi connectivity index (χ2v) is 7.73. The molecule has 1 atom stereocenters. The number of likely N-dealkylation sites (tertiary alicyclic amines) is 1. The van der Waals surface area contributed by atoms with Gasteiger partial charge in [-0.05, 0) is 43.9 Å². The predicted molar refractivity (Wildman–Crippen MR) is 99.7 cm³/mol. The van der Waals surface area contributed by atoms with Crippen molar-refractivity contribution in [2.75, 3.05) is 13.1 Å². The highest BCUT2D eigenvalue weighted by Gasteiger charge is 2.30. The van der Waals surface area contributed by atoms with Gasteiger partial charge in [0.2, 0.25) is 5.91 Å². The van der Waals surface area contributed by atoms with E-state index >= 15 is 0 Å². The first kappa shape index (κ1) is 18.2. The second-order valence-electron chi connectivity index (χ2n) is 7.30. The van der Waals surface area contributed by atoms with Crippen LogP contribution in [-0.4, -0.2) is 35.8 Å². The number of carbonyl (C=O) groups is 2. The number of hydrogen-bond acceptors (Lipinski definition) is 2.